The lowest BCUT2D eigenvalue weighted by Gasteiger charge is -2.13. The van der Waals surface area contributed by atoms with Crippen molar-refractivity contribution >= 4 is 23.6 Å². The van der Waals surface area contributed by atoms with E-state index < -0.39 is 11.8 Å². The van der Waals surface area contributed by atoms with Crippen LogP contribution in [0.25, 0.3) is 0 Å². The zero-order valence-electron chi connectivity index (χ0n) is 21.4. The molecule has 12 heteroatoms. The van der Waals surface area contributed by atoms with E-state index in [-0.39, 0.29) is 43.7 Å². The number of carbonyl (C=O) groups excluding carboxylic acids is 4. The number of ketones is 1. The van der Waals surface area contributed by atoms with Crippen LogP contribution in [0.15, 0.2) is 42.5 Å². The van der Waals surface area contributed by atoms with E-state index in [1.165, 1.54) is 12.2 Å². The fraction of sp³-hybridized carbons (Fsp3) is 0.538. The van der Waals surface area contributed by atoms with Crippen molar-refractivity contribution in [3.63, 3.8) is 0 Å². The largest absolute Gasteiger partial charge is 0.457 e. The minimum atomic E-state index is -0.905. The molecule has 0 radical (unpaired) electrons. The summed E-state index contributed by atoms with van der Waals surface area (Å²) in [6, 6.07) is 8.22. The predicted octanol–water partition coefficient (Wildman–Crippen LogP) is 0.437. The number of esters is 1. The molecule has 1 aliphatic rings. The lowest BCUT2D eigenvalue weighted by Crippen LogP contribution is -2.33. The monoisotopic (exact) mass is 537 g/mol. The Labute approximate surface area is 221 Å². The molecule has 0 aliphatic carbocycles. The van der Waals surface area contributed by atoms with Crippen molar-refractivity contribution in [2.45, 2.75) is 0 Å². The van der Waals surface area contributed by atoms with E-state index in [2.05, 4.69) is 0 Å². The highest BCUT2D eigenvalue weighted by atomic mass is 16.6. The number of imide groups is 1. The Kier molecular flexibility index (Phi) is 16.5. The molecule has 0 unspecified atom stereocenters. The highest BCUT2D eigenvalue weighted by molar-refractivity contribution is 6.40. The van der Waals surface area contributed by atoms with Crippen molar-refractivity contribution in [3.8, 4) is 0 Å². The maximum absolute atomic E-state index is 11.8. The second-order valence-electron chi connectivity index (χ2n) is 7.67. The molecule has 1 aromatic carbocycles. The van der Waals surface area contributed by atoms with Gasteiger partial charge in [0.1, 0.15) is 6.61 Å². The predicted molar refractivity (Wildman–Crippen MR) is 133 cm³/mol. The van der Waals surface area contributed by atoms with Crippen LogP contribution < -0.4 is 0 Å². The fourth-order valence-electron chi connectivity index (χ4n) is 2.98. The van der Waals surface area contributed by atoms with Crippen molar-refractivity contribution < 1.29 is 52.3 Å². The summed E-state index contributed by atoms with van der Waals surface area (Å²) >= 11 is 0. The van der Waals surface area contributed by atoms with Crippen LogP contribution in [0.3, 0.4) is 0 Å². The summed E-state index contributed by atoms with van der Waals surface area (Å²) in [6.45, 7) is 4.62. The standard InChI is InChI=1S/C26H35NO11/c28-23-6-7-24(29)27(23)8-9-32-10-11-33-12-13-34-14-15-35-16-17-36-18-19-37-20-21-38-26(31)25(30)22-4-2-1-3-5-22/h1-7H,8-21H2. The Morgan fingerprint density at radius 2 is 0.947 bits per heavy atom. The summed E-state index contributed by atoms with van der Waals surface area (Å²) in [6.07, 6.45) is 2.49. The van der Waals surface area contributed by atoms with Gasteiger partial charge >= 0.3 is 5.97 Å². The number of hydrogen-bond acceptors (Lipinski definition) is 11. The lowest BCUT2D eigenvalue weighted by atomic mass is 10.1. The van der Waals surface area contributed by atoms with Crippen LogP contribution >= 0.6 is 0 Å². The second-order valence-corrected chi connectivity index (χ2v) is 7.67. The van der Waals surface area contributed by atoms with Gasteiger partial charge in [0, 0.05) is 17.7 Å². The van der Waals surface area contributed by atoms with E-state index in [0.717, 1.165) is 4.90 Å². The summed E-state index contributed by atoms with van der Waals surface area (Å²) in [5, 5.41) is 0. The minimum Gasteiger partial charge on any atom is -0.457 e. The molecule has 0 aromatic heterocycles. The Hall–Kier alpha value is -3.00. The quantitative estimate of drug-likeness (QED) is 0.0632. The molecule has 0 fully saturated rings. The van der Waals surface area contributed by atoms with E-state index in [1.54, 1.807) is 30.3 Å². The van der Waals surface area contributed by atoms with Crippen LogP contribution in [0.2, 0.25) is 0 Å². The van der Waals surface area contributed by atoms with Crippen molar-refractivity contribution in [2.75, 3.05) is 92.4 Å². The number of rotatable bonds is 23. The third-order valence-electron chi connectivity index (χ3n) is 4.90. The maximum Gasteiger partial charge on any atom is 0.379 e. The first kappa shape index (κ1) is 31.2. The topological polar surface area (TPSA) is 136 Å². The van der Waals surface area contributed by atoms with Gasteiger partial charge in [-0.15, -0.1) is 0 Å². The van der Waals surface area contributed by atoms with Crippen LogP contribution in [-0.2, 0) is 47.5 Å². The van der Waals surface area contributed by atoms with Crippen molar-refractivity contribution in [2.24, 2.45) is 0 Å². The first-order chi connectivity index (χ1) is 18.6. The zero-order chi connectivity index (χ0) is 27.3. The molecule has 0 spiro atoms. The molecule has 38 heavy (non-hydrogen) atoms. The van der Waals surface area contributed by atoms with Crippen molar-refractivity contribution in [1.29, 1.82) is 0 Å². The summed E-state index contributed by atoms with van der Waals surface area (Å²) in [4.78, 5) is 47.4. The molecule has 0 bridgehead atoms. The summed E-state index contributed by atoms with van der Waals surface area (Å²) < 4.78 is 37.1. The number of Topliss-reactive ketones (excluding diaryl/α,β-unsaturated/α-hetero) is 1. The Bertz CT molecular complexity index is 857. The highest BCUT2D eigenvalue weighted by Gasteiger charge is 2.22. The Morgan fingerprint density at radius 1 is 0.553 bits per heavy atom. The van der Waals surface area contributed by atoms with Gasteiger partial charge in [0.05, 0.1) is 85.8 Å². The lowest BCUT2D eigenvalue weighted by molar-refractivity contribution is -0.140. The normalized spacial score (nSPS) is 12.9. The van der Waals surface area contributed by atoms with Crippen molar-refractivity contribution in [1.82, 2.24) is 4.90 Å². The third-order valence-corrected chi connectivity index (χ3v) is 4.90. The Morgan fingerprint density at radius 3 is 1.39 bits per heavy atom. The molecular formula is C26H35NO11. The van der Waals surface area contributed by atoms with Gasteiger partial charge in [-0.2, -0.15) is 0 Å². The van der Waals surface area contributed by atoms with E-state index in [4.69, 9.17) is 33.2 Å². The van der Waals surface area contributed by atoms with Crippen LogP contribution in [0, 0.1) is 0 Å². The fourth-order valence-corrected chi connectivity index (χ4v) is 2.98. The molecular weight excluding hydrogens is 502 g/mol. The average molecular weight is 538 g/mol. The second kappa shape index (κ2) is 20.0. The number of carbonyl (C=O) groups is 4. The number of benzene rings is 1. The molecule has 0 saturated heterocycles. The van der Waals surface area contributed by atoms with Crippen molar-refractivity contribution in [3.05, 3.63) is 48.0 Å². The van der Waals surface area contributed by atoms with Gasteiger partial charge in [-0.1, -0.05) is 30.3 Å². The summed E-state index contributed by atoms with van der Waals surface area (Å²) in [7, 11) is 0. The molecule has 1 aliphatic heterocycles. The van der Waals surface area contributed by atoms with Gasteiger partial charge in [0.2, 0.25) is 0 Å². The van der Waals surface area contributed by atoms with E-state index in [0.29, 0.717) is 66.1 Å². The Balaban J connectivity index is 1.24. The molecule has 1 aromatic rings. The van der Waals surface area contributed by atoms with Gasteiger partial charge in [-0.25, -0.2) is 4.79 Å². The molecule has 0 atom stereocenters. The number of ether oxygens (including phenoxy) is 7. The van der Waals surface area contributed by atoms with Gasteiger partial charge < -0.3 is 33.2 Å². The maximum atomic E-state index is 11.8. The first-order valence-corrected chi connectivity index (χ1v) is 12.4. The van der Waals surface area contributed by atoms with E-state index >= 15 is 0 Å². The summed E-state index contributed by atoms with van der Waals surface area (Å²) in [5.74, 6) is -2.22. The van der Waals surface area contributed by atoms with Crippen LogP contribution in [0.5, 0.6) is 0 Å². The number of amides is 2. The smallest absolute Gasteiger partial charge is 0.379 e. The highest BCUT2D eigenvalue weighted by Crippen LogP contribution is 2.03. The SMILES string of the molecule is O=C(OCCOCCOCCOCCOCCOCCOCCN1C(=O)C=CC1=O)C(=O)c1ccccc1. The van der Waals surface area contributed by atoms with Gasteiger partial charge in [0.25, 0.3) is 17.6 Å². The molecule has 0 saturated carbocycles. The molecule has 210 valence electrons. The number of nitrogens with zero attached hydrogens (tertiary/aromatic N) is 1. The van der Waals surface area contributed by atoms with Crippen LogP contribution in [0.1, 0.15) is 10.4 Å². The van der Waals surface area contributed by atoms with Gasteiger partial charge in [0.15, 0.2) is 0 Å². The first-order valence-electron chi connectivity index (χ1n) is 12.4. The van der Waals surface area contributed by atoms with E-state index in [1.807, 2.05) is 0 Å². The molecule has 12 nitrogen and oxygen atoms in total. The molecule has 0 N–H and O–H groups in total. The number of hydrogen-bond donors (Lipinski definition) is 0. The zero-order valence-corrected chi connectivity index (χ0v) is 21.4. The van der Waals surface area contributed by atoms with Crippen LogP contribution in [0.4, 0.5) is 0 Å². The van der Waals surface area contributed by atoms with Crippen LogP contribution in [-0.4, -0.2) is 121 Å². The average Bonchev–Trinajstić information content (AvgIpc) is 3.26. The molecule has 2 amide bonds. The summed E-state index contributed by atoms with van der Waals surface area (Å²) in [5.41, 5.74) is 0.288. The molecule has 2 rings (SSSR count). The van der Waals surface area contributed by atoms with Gasteiger partial charge in [-0.3, -0.25) is 19.3 Å². The van der Waals surface area contributed by atoms with Gasteiger partial charge in [-0.05, 0) is 0 Å². The minimum absolute atomic E-state index is 0.0113. The third kappa shape index (κ3) is 13.5. The van der Waals surface area contributed by atoms with E-state index in [9.17, 15) is 19.2 Å². The molecule has 1 heterocycles.